The van der Waals surface area contributed by atoms with Crippen molar-refractivity contribution >= 4 is 39.0 Å². The molecule has 1 aromatic heterocycles. The highest BCUT2D eigenvalue weighted by Gasteiger charge is 2.48. The lowest BCUT2D eigenvalue weighted by molar-refractivity contribution is 0.626. The lowest BCUT2D eigenvalue weighted by Gasteiger charge is -2.31. The number of para-hydroxylation sites is 2. The Morgan fingerprint density at radius 3 is 1.84 bits per heavy atom. The molecule has 294 valence electrons. The minimum atomic E-state index is -0.198. The average molecular weight is 794 g/mol. The molecule has 1 heterocycles. The zero-order valence-corrected chi connectivity index (χ0v) is 34.8. The molecule has 0 N–H and O–H groups in total. The molecule has 0 aliphatic heterocycles. The molecule has 0 saturated heterocycles. The Kier molecular flexibility index (Phi) is 7.43. The van der Waals surface area contributed by atoms with Crippen LogP contribution < -0.4 is 4.90 Å². The van der Waals surface area contributed by atoms with Crippen LogP contribution in [0.5, 0.6) is 0 Å². The predicted molar refractivity (Wildman–Crippen MR) is 257 cm³/mol. The average Bonchev–Trinajstić information content (AvgIpc) is 4.05. The van der Waals surface area contributed by atoms with Gasteiger partial charge in [0.25, 0.3) is 0 Å². The Morgan fingerprint density at radius 2 is 1.02 bits per heavy atom. The van der Waals surface area contributed by atoms with Crippen LogP contribution in [0, 0.1) is 0 Å². The van der Waals surface area contributed by atoms with Gasteiger partial charge in [-0.25, -0.2) is 0 Å². The number of benzene rings is 9. The Labute approximate surface area is 362 Å². The number of rotatable bonds is 5. The van der Waals surface area contributed by atoms with Gasteiger partial charge in [0.1, 0.15) is 5.58 Å². The first-order valence-electron chi connectivity index (χ1n) is 22.0. The van der Waals surface area contributed by atoms with Gasteiger partial charge >= 0.3 is 0 Å². The molecule has 0 amide bonds. The lowest BCUT2D eigenvalue weighted by Crippen LogP contribution is -2.24. The molecule has 0 fully saturated rings. The van der Waals surface area contributed by atoms with Crippen molar-refractivity contribution in [3.05, 3.63) is 234 Å². The minimum absolute atomic E-state index is 0.117. The number of anilines is 3. The van der Waals surface area contributed by atoms with Crippen molar-refractivity contribution in [2.45, 2.75) is 37.5 Å². The molecule has 9 aromatic carbocycles. The van der Waals surface area contributed by atoms with E-state index in [0.29, 0.717) is 0 Å². The second-order valence-electron chi connectivity index (χ2n) is 17.9. The molecule has 0 bridgehead atoms. The van der Waals surface area contributed by atoms with Crippen LogP contribution >= 0.6 is 0 Å². The largest absolute Gasteiger partial charge is 0.454 e. The summed E-state index contributed by atoms with van der Waals surface area (Å²) in [5.41, 5.74) is 23.5. The first-order valence-corrected chi connectivity index (χ1v) is 22.0. The van der Waals surface area contributed by atoms with Crippen molar-refractivity contribution in [3.63, 3.8) is 0 Å². The van der Waals surface area contributed by atoms with Gasteiger partial charge in [-0.3, -0.25) is 0 Å². The molecule has 1 atom stereocenters. The highest BCUT2D eigenvalue weighted by Crippen LogP contribution is 2.59. The number of furan rings is 1. The van der Waals surface area contributed by atoms with Gasteiger partial charge in [0.05, 0.1) is 5.69 Å². The van der Waals surface area contributed by atoms with Crippen LogP contribution in [-0.2, 0) is 17.3 Å². The fraction of sp³-hybridized carbons (Fsp3) is 0.100. The van der Waals surface area contributed by atoms with E-state index in [4.69, 9.17) is 4.42 Å². The number of hydrogen-bond donors (Lipinski definition) is 0. The van der Waals surface area contributed by atoms with Crippen LogP contribution in [0.4, 0.5) is 17.1 Å². The topological polar surface area (TPSA) is 16.4 Å². The minimum Gasteiger partial charge on any atom is -0.454 e. The third-order valence-electron chi connectivity index (χ3n) is 14.5. The van der Waals surface area contributed by atoms with E-state index in [1.54, 1.807) is 0 Å². The summed E-state index contributed by atoms with van der Waals surface area (Å²) in [5, 5.41) is 2.24. The summed E-state index contributed by atoms with van der Waals surface area (Å²) in [6.45, 7) is 4.75. The zero-order chi connectivity index (χ0) is 41.2. The van der Waals surface area contributed by atoms with E-state index in [0.717, 1.165) is 51.8 Å². The Balaban J connectivity index is 0.987. The second-order valence-corrected chi connectivity index (χ2v) is 17.9. The first-order chi connectivity index (χ1) is 30.5. The molecule has 1 spiro atoms. The number of nitrogens with zero attached hydrogens (tertiary/aromatic N) is 1. The SMILES string of the molecule is CC1(C)c2ccccc2-c2cccc(-c3ccccc3-c3ccc(N(c4ccc5c(c4)C4(CCc6ccccc64)c4ccccc4-5)c4cccc5c4oc4ccccc45)cc3)c21. The quantitative estimate of drug-likeness (QED) is 0.173. The summed E-state index contributed by atoms with van der Waals surface area (Å²) in [5.74, 6) is 0. The molecular formula is C60H43NO. The zero-order valence-electron chi connectivity index (χ0n) is 34.8. The summed E-state index contributed by atoms with van der Waals surface area (Å²) in [6, 6.07) is 74.2. The Bertz CT molecular complexity index is 3460. The van der Waals surface area contributed by atoms with Crippen LogP contribution in [0.3, 0.4) is 0 Å². The number of fused-ring (bicyclic) bond motifs is 13. The van der Waals surface area contributed by atoms with E-state index in [9.17, 15) is 0 Å². The maximum atomic E-state index is 6.78. The van der Waals surface area contributed by atoms with E-state index in [1.165, 1.54) is 77.9 Å². The summed E-state index contributed by atoms with van der Waals surface area (Å²) in [4.78, 5) is 2.42. The summed E-state index contributed by atoms with van der Waals surface area (Å²) >= 11 is 0. The molecule has 0 radical (unpaired) electrons. The van der Waals surface area contributed by atoms with Crippen LogP contribution in [0.1, 0.15) is 53.6 Å². The smallest absolute Gasteiger partial charge is 0.159 e. The fourth-order valence-electron chi connectivity index (χ4n) is 11.8. The Hall–Kier alpha value is -7.42. The molecule has 62 heavy (non-hydrogen) atoms. The van der Waals surface area contributed by atoms with Gasteiger partial charge in [0.2, 0.25) is 0 Å². The maximum Gasteiger partial charge on any atom is 0.159 e. The van der Waals surface area contributed by atoms with Gasteiger partial charge in [0, 0.05) is 33.0 Å². The van der Waals surface area contributed by atoms with Crippen molar-refractivity contribution in [1.29, 1.82) is 0 Å². The molecule has 2 nitrogen and oxygen atoms in total. The standard InChI is InChI=1S/C60H43NO/c1-59(2)52-25-10-6-19-45(52)49-22-13-21-48(57(49)59)43-17-5-4-16-42(43)38-29-31-40(32-30-38)61(55-27-14-23-50-47-20-8-12-28-56(47)62-58(50)55)41-33-34-46-44-18-7-11-26-53(44)60(54(46)37-41)36-35-39-15-3-9-24-51(39)60/h3-34,37H,35-36H2,1-2H3. The first kappa shape index (κ1) is 35.3. The highest BCUT2D eigenvalue weighted by atomic mass is 16.3. The van der Waals surface area contributed by atoms with Crippen LogP contribution in [0.15, 0.2) is 205 Å². The van der Waals surface area contributed by atoms with Crippen molar-refractivity contribution in [1.82, 2.24) is 0 Å². The number of aryl methyl sites for hydroxylation is 1. The third-order valence-corrected chi connectivity index (χ3v) is 14.5. The maximum absolute atomic E-state index is 6.78. The number of hydrogen-bond acceptors (Lipinski definition) is 2. The third kappa shape index (κ3) is 4.81. The normalized spacial score (nSPS) is 16.3. The van der Waals surface area contributed by atoms with Gasteiger partial charge in [-0.2, -0.15) is 0 Å². The van der Waals surface area contributed by atoms with Crippen LogP contribution in [0.2, 0.25) is 0 Å². The molecule has 1 unspecified atom stereocenters. The molecule has 10 aromatic rings. The molecule has 3 aliphatic rings. The molecular weight excluding hydrogens is 751 g/mol. The van der Waals surface area contributed by atoms with E-state index < -0.39 is 0 Å². The molecule has 3 aliphatic carbocycles. The fourth-order valence-corrected chi connectivity index (χ4v) is 11.8. The summed E-state index contributed by atoms with van der Waals surface area (Å²) in [7, 11) is 0. The predicted octanol–water partition coefficient (Wildman–Crippen LogP) is 16.0. The van der Waals surface area contributed by atoms with Gasteiger partial charge in [-0.15, -0.1) is 0 Å². The highest BCUT2D eigenvalue weighted by molar-refractivity contribution is 6.10. The molecule has 2 heteroatoms. The van der Waals surface area contributed by atoms with Crippen LogP contribution in [-0.4, -0.2) is 0 Å². The lowest BCUT2D eigenvalue weighted by atomic mass is 9.73. The van der Waals surface area contributed by atoms with Gasteiger partial charge in [-0.05, 0) is 127 Å². The van der Waals surface area contributed by atoms with E-state index in [2.05, 4.69) is 219 Å². The van der Waals surface area contributed by atoms with Crippen molar-refractivity contribution in [2.75, 3.05) is 4.90 Å². The molecule has 13 rings (SSSR count). The van der Waals surface area contributed by atoms with Gasteiger partial charge in [-0.1, -0.05) is 178 Å². The van der Waals surface area contributed by atoms with Gasteiger partial charge in [0.15, 0.2) is 5.58 Å². The van der Waals surface area contributed by atoms with E-state index in [-0.39, 0.29) is 10.8 Å². The van der Waals surface area contributed by atoms with E-state index >= 15 is 0 Å². The van der Waals surface area contributed by atoms with Crippen LogP contribution in [0.25, 0.3) is 66.4 Å². The van der Waals surface area contributed by atoms with Crippen molar-refractivity contribution in [3.8, 4) is 44.5 Å². The molecule has 0 saturated carbocycles. The summed E-state index contributed by atoms with van der Waals surface area (Å²) < 4.78 is 6.78. The summed E-state index contributed by atoms with van der Waals surface area (Å²) in [6.07, 6.45) is 2.12. The van der Waals surface area contributed by atoms with Crippen molar-refractivity contribution < 1.29 is 4.42 Å². The Morgan fingerprint density at radius 1 is 0.435 bits per heavy atom. The van der Waals surface area contributed by atoms with Gasteiger partial charge < -0.3 is 9.32 Å². The van der Waals surface area contributed by atoms with Crippen molar-refractivity contribution in [2.24, 2.45) is 0 Å². The monoisotopic (exact) mass is 793 g/mol. The van der Waals surface area contributed by atoms with E-state index in [1.807, 2.05) is 0 Å². The second kappa shape index (κ2) is 13.0.